The third-order valence-corrected chi connectivity index (χ3v) is 4.51. The maximum absolute atomic E-state index is 11.8. The van der Waals surface area contributed by atoms with Crippen molar-refractivity contribution in [1.82, 2.24) is 10.2 Å². The number of likely N-dealkylation sites (tertiary alicyclic amines) is 1. The van der Waals surface area contributed by atoms with E-state index in [2.05, 4.69) is 5.32 Å². The van der Waals surface area contributed by atoms with Gasteiger partial charge in [0.1, 0.15) is 0 Å². The number of nitrogens with zero attached hydrogens (tertiary/aromatic N) is 1. The Hall–Kier alpha value is -1.44. The zero-order valence-electron chi connectivity index (χ0n) is 11.9. The van der Waals surface area contributed by atoms with E-state index < -0.39 is 10.0 Å². The number of sulfonamides is 1. The number of hydrogen-bond donors (Lipinski definition) is 2. The summed E-state index contributed by atoms with van der Waals surface area (Å²) in [4.78, 5) is 13.8. The van der Waals surface area contributed by atoms with Crippen LogP contribution in [0, 0.1) is 0 Å². The summed E-state index contributed by atoms with van der Waals surface area (Å²) in [6.45, 7) is 2.77. The van der Waals surface area contributed by atoms with Gasteiger partial charge in [-0.25, -0.2) is 13.6 Å². The van der Waals surface area contributed by atoms with Crippen molar-refractivity contribution in [3.63, 3.8) is 0 Å². The van der Waals surface area contributed by atoms with E-state index in [0.717, 1.165) is 37.9 Å². The van der Waals surface area contributed by atoms with Crippen LogP contribution >= 0.6 is 0 Å². The summed E-state index contributed by atoms with van der Waals surface area (Å²) in [7, 11) is -3.63. The number of carbonyl (C=O) groups is 1. The van der Waals surface area contributed by atoms with Crippen LogP contribution in [0.2, 0.25) is 0 Å². The molecule has 0 atom stereocenters. The van der Waals surface area contributed by atoms with Gasteiger partial charge in [-0.2, -0.15) is 0 Å². The van der Waals surface area contributed by atoms with E-state index in [1.54, 1.807) is 12.1 Å². The van der Waals surface area contributed by atoms with Crippen molar-refractivity contribution < 1.29 is 13.2 Å². The lowest BCUT2D eigenvalue weighted by Gasteiger charge is -2.15. The van der Waals surface area contributed by atoms with E-state index in [4.69, 9.17) is 5.14 Å². The van der Waals surface area contributed by atoms with E-state index in [0.29, 0.717) is 13.1 Å². The number of amides is 1. The fourth-order valence-corrected chi connectivity index (χ4v) is 2.87. The van der Waals surface area contributed by atoms with E-state index in [1.807, 2.05) is 4.90 Å². The lowest BCUT2D eigenvalue weighted by atomic mass is 10.1. The molecule has 1 heterocycles. The van der Waals surface area contributed by atoms with Gasteiger partial charge in [0.15, 0.2) is 0 Å². The molecule has 6 nitrogen and oxygen atoms in total. The molecular weight excluding hydrogens is 290 g/mol. The number of nitrogens with two attached hydrogens (primary N) is 1. The highest BCUT2D eigenvalue weighted by Crippen LogP contribution is 2.09. The molecule has 1 saturated heterocycles. The highest BCUT2D eigenvalue weighted by Gasteiger charge is 2.16. The third kappa shape index (κ3) is 4.80. The number of benzene rings is 1. The Morgan fingerprint density at radius 2 is 1.81 bits per heavy atom. The first-order valence-corrected chi connectivity index (χ1v) is 8.62. The molecule has 7 heteroatoms. The molecule has 21 heavy (non-hydrogen) atoms. The molecule has 1 aliphatic rings. The number of carbonyl (C=O) groups excluding carboxylic acids is 1. The minimum atomic E-state index is -3.63. The molecule has 1 aromatic rings. The molecule has 116 valence electrons. The average molecular weight is 311 g/mol. The van der Waals surface area contributed by atoms with Crippen LogP contribution in [-0.4, -0.2) is 45.4 Å². The first-order chi connectivity index (χ1) is 9.97. The second kappa shape index (κ2) is 7.02. The molecule has 1 fully saturated rings. The zero-order chi connectivity index (χ0) is 15.3. The summed E-state index contributed by atoms with van der Waals surface area (Å²) in [5.74, 6) is 0.150. The topological polar surface area (TPSA) is 92.5 Å². The molecular formula is C14H21N3O3S. The van der Waals surface area contributed by atoms with Gasteiger partial charge in [0, 0.05) is 13.1 Å². The highest BCUT2D eigenvalue weighted by molar-refractivity contribution is 7.89. The van der Waals surface area contributed by atoms with Crippen molar-refractivity contribution in [2.75, 3.05) is 26.2 Å². The highest BCUT2D eigenvalue weighted by atomic mass is 32.2. The summed E-state index contributed by atoms with van der Waals surface area (Å²) in [6.07, 6.45) is 2.93. The maximum atomic E-state index is 11.8. The zero-order valence-corrected chi connectivity index (χ0v) is 12.7. The van der Waals surface area contributed by atoms with Crippen molar-refractivity contribution in [2.45, 2.75) is 24.2 Å². The van der Waals surface area contributed by atoms with Crippen LogP contribution in [0.1, 0.15) is 18.4 Å². The molecule has 0 unspecified atom stereocenters. The quantitative estimate of drug-likeness (QED) is 0.728. The van der Waals surface area contributed by atoms with E-state index >= 15 is 0 Å². The molecule has 0 saturated carbocycles. The fraction of sp³-hybridized carbons (Fsp3) is 0.500. The second-order valence-electron chi connectivity index (χ2n) is 5.20. The summed E-state index contributed by atoms with van der Waals surface area (Å²) in [5, 5.41) is 8.16. The molecule has 1 aromatic carbocycles. The molecule has 3 N–H and O–H groups in total. The minimum Gasteiger partial charge on any atom is -0.342 e. The Labute approximate surface area is 125 Å². The van der Waals surface area contributed by atoms with Crippen molar-refractivity contribution in [3.8, 4) is 0 Å². The predicted molar refractivity (Wildman–Crippen MR) is 80.2 cm³/mol. The molecule has 0 aliphatic carbocycles. The van der Waals surface area contributed by atoms with Gasteiger partial charge in [-0.3, -0.25) is 4.79 Å². The molecule has 1 amide bonds. The molecule has 0 bridgehead atoms. The first kappa shape index (κ1) is 15.9. The number of primary sulfonamides is 1. The van der Waals surface area contributed by atoms with Crippen molar-refractivity contribution >= 4 is 15.9 Å². The Morgan fingerprint density at radius 1 is 1.19 bits per heavy atom. The summed E-state index contributed by atoms with van der Waals surface area (Å²) < 4.78 is 22.3. The fourth-order valence-electron chi connectivity index (χ4n) is 2.35. The minimum absolute atomic E-state index is 0.114. The molecule has 0 spiro atoms. The van der Waals surface area contributed by atoms with Gasteiger partial charge in [0.25, 0.3) is 0 Å². The predicted octanol–water partition coefficient (Wildman–Crippen LogP) is 0.0885. The van der Waals surface area contributed by atoms with Crippen LogP contribution in [0.3, 0.4) is 0 Å². The smallest absolute Gasteiger partial charge is 0.238 e. The molecule has 2 rings (SSSR count). The summed E-state index contributed by atoms with van der Waals surface area (Å²) in [6, 6.07) is 6.48. The average Bonchev–Trinajstić information content (AvgIpc) is 2.97. The normalized spacial score (nSPS) is 15.4. The maximum Gasteiger partial charge on any atom is 0.238 e. The number of nitrogens with one attached hydrogen (secondary N) is 1. The van der Waals surface area contributed by atoms with Gasteiger partial charge in [-0.1, -0.05) is 12.1 Å². The van der Waals surface area contributed by atoms with E-state index in [9.17, 15) is 13.2 Å². The standard InChI is InChI=1S/C14H21N3O3S/c15-21(19,20)13-5-3-12(4-6-13)7-8-16-11-14(18)17-9-1-2-10-17/h3-6,16H,1-2,7-11H2,(H2,15,19,20). The SMILES string of the molecule is NS(=O)(=O)c1ccc(CCNCC(=O)N2CCCC2)cc1. The lowest BCUT2D eigenvalue weighted by molar-refractivity contribution is -0.129. The Kier molecular flexibility index (Phi) is 5.33. The van der Waals surface area contributed by atoms with Gasteiger partial charge in [0.2, 0.25) is 15.9 Å². The van der Waals surface area contributed by atoms with Crippen LogP contribution in [-0.2, 0) is 21.2 Å². The van der Waals surface area contributed by atoms with Crippen molar-refractivity contribution in [2.24, 2.45) is 5.14 Å². The molecule has 1 aliphatic heterocycles. The van der Waals surface area contributed by atoms with Crippen LogP contribution in [0.15, 0.2) is 29.2 Å². The van der Waals surface area contributed by atoms with Crippen LogP contribution in [0.4, 0.5) is 0 Å². The van der Waals surface area contributed by atoms with E-state index in [-0.39, 0.29) is 10.8 Å². The molecule has 0 aromatic heterocycles. The second-order valence-corrected chi connectivity index (χ2v) is 6.77. The van der Waals surface area contributed by atoms with Crippen LogP contribution in [0.5, 0.6) is 0 Å². The van der Waals surface area contributed by atoms with Crippen molar-refractivity contribution in [1.29, 1.82) is 0 Å². The van der Waals surface area contributed by atoms with E-state index in [1.165, 1.54) is 12.1 Å². The number of hydrogen-bond acceptors (Lipinski definition) is 4. The Bertz CT molecular complexity index is 578. The van der Waals surface area contributed by atoms with Gasteiger partial charge in [-0.15, -0.1) is 0 Å². The first-order valence-electron chi connectivity index (χ1n) is 7.07. The largest absolute Gasteiger partial charge is 0.342 e. The van der Waals surface area contributed by atoms with Gasteiger partial charge >= 0.3 is 0 Å². The monoisotopic (exact) mass is 311 g/mol. The van der Waals surface area contributed by atoms with Gasteiger partial charge < -0.3 is 10.2 Å². The Morgan fingerprint density at radius 3 is 2.38 bits per heavy atom. The molecule has 0 radical (unpaired) electrons. The Balaban J connectivity index is 1.72. The van der Waals surface area contributed by atoms with Crippen molar-refractivity contribution in [3.05, 3.63) is 29.8 Å². The summed E-state index contributed by atoms with van der Waals surface area (Å²) >= 11 is 0. The third-order valence-electron chi connectivity index (χ3n) is 3.58. The summed E-state index contributed by atoms with van der Waals surface area (Å²) in [5.41, 5.74) is 1.00. The van der Waals surface area contributed by atoms with Crippen LogP contribution in [0.25, 0.3) is 0 Å². The van der Waals surface area contributed by atoms with Gasteiger partial charge in [0.05, 0.1) is 11.4 Å². The lowest BCUT2D eigenvalue weighted by Crippen LogP contribution is -2.36. The number of rotatable bonds is 6. The van der Waals surface area contributed by atoms with Crippen LogP contribution < -0.4 is 10.5 Å². The van der Waals surface area contributed by atoms with Gasteiger partial charge in [-0.05, 0) is 43.5 Å².